The summed E-state index contributed by atoms with van der Waals surface area (Å²) in [4.78, 5) is 32.3. The molecule has 0 bridgehead atoms. The van der Waals surface area contributed by atoms with Gasteiger partial charge in [-0.2, -0.15) is 8.78 Å². The summed E-state index contributed by atoms with van der Waals surface area (Å²) in [7, 11) is 0. The van der Waals surface area contributed by atoms with E-state index < -0.39 is 48.9 Å². The van der Waals surface area contributed by atoms with Gasteiger partial charge in [0.25, 0.3) is 6.29 Å². The van der Waals surface area contributed by atoms with E-state index in [0.29, 0.717) is 0 Å². The van der Waals surface area contributed by atoms with Crippen LogP contribution in [-0.4, -0.2) is 48.9 Å². The number of rotatable bonds is 4. The van der Waals surface area contributed by atoms with Crippen LogP contribution in [0.1, 0.15) is 20.8 Å². The number of carbonyl (C=O) groups excluding carboxylic acids is 3. The minimum atomic E-state index is -3.75. The summed E-state index contributed by atoms with van der Waals surface area (Å²) in [5.74, 6) is -6.41. The highest BCUT2D eigenvalue weighted by Crippen LogP contribution is 2.39. The molecule has 20 heavy (non-hydrogen) atoms. The average Bonchev–Trinajstić information content (AvgIpc) is 2.49. The number of hydrogen-bond donors (Lipinski definition) is 0. The fourth-order valence-electron chi connectivity index (χ4n) is 1.62. The van der Waals surface area contributed by atoms with Gasteiger partial charge in [-0.25, -0.2) is 0 Å². The standard InChI is InChI=1S/C11H14F2O7/c1-5(14)17-4-8-9(18-6(2)15)11(12,13)10(20-8)19-7(3)16/h8-10H,4H2,1-3H3/t8-,9?,10+/m1/s1. The van der Waals surface area contributed by atoms with Crippen molar-refractivity contribution >= 4 is 17.9 Å². The second-order valence-electron chi connectivity index (χ2n) is 4.12. The van der Waals surface area contributed by atoms with E-state index in [1.54, 1.807) is 0 Å². The van der Waals surface area contributed by atoms with Crippen molar-refractivity contribution < 1.29 is 42.1 Å². The maximum atomic E-state index is 13.9. The van der Waals surface area contributed by atoms with Crippen LogP contribution in [0.3, 0.4) is 0 Å². The van der Waals surface area contributed by atoms with E-state index in [0.717, 1.165) is 20.8 Å². The maximum absolute atomic E-state index is 13.9. The van der Waals surface area contributed by atoms with Crippen molar-refractivity contribution in [2.45, 2.75) is 45.2 Å². The minimum absolute atomic E-state index is 0.555. The van der Waals surface area contributed by atoms with Crippen molar-refractivity contribution in [2.75, 3.05) is 6.61 Å². The highest BCUT2D eigenvalue weighted by molar-refractivity contribution is 5.67. The molecule has 0 saturated carbocycles. The molecule has 1 aliphatic heterocycles. The third kappa shape index (κ3) is 3.86. The molecule has 1 aliphatic rings. The molecule has 1 heterocycles. The highest BCUT2D eigenvalue weighted by atomic mass is 19.3. The van der Waals surface area contributed by atoms with Crippen molar-refractivity contribution in [3.05, 3.63) is 0 Å². The lowest BCUT2D eigenvalue weighted by atomic mass is 10.1. The zero-order valence-corrected chi connectivity index (χ0v) is 11.1. The Morgan fingerprint density at radius 2 is 1.60 bits per heavy atom. The topological polar surface area (TPSA) is 88.1 Å². The van der Waals surface area contributed by atoms with Crippen molar-refractivity contribution in [1.82, 2.24) is 0 Å². The largest absolute Gasteiger partial charge is 0.463 e. The van der Waals surface area contributed by atoms with Crippen LogP contribution in [0, 0.1) is 0 Å². The molecule has 1 unspecified atom stereocenters. The third-order valence-electron chi connectivity index (χ3n) is 2.35. The summed E-state index contributed by atoms with van der Waals surface area (Å²) in [6.07, 6.45) is -5.64. The molecular formula is C11H14F2O7. The van der Waals surface area contributed by atoms with Crippen molar-refractivity contribution in [3.8, 4) is 0 Å². The molecule has 114 valence electrons. The quantitative estimate of drug-likeness (QED) is 0.548. The summed E-state index contributed by atoms with van der Waals surface area (Å²) in [6, 6.07) is 0. The molecule has 3 atom stereocenters. The Hall–Kier alpha value is -1.77. The van der Waals surface area contributed by atoms with E-state index >= 15 is 0 Å². The first-order valence-corrected chi connectivity index (χ1v) is 5.65. The second kappa shape index (κ2) is 6.12. The lowest BCUT2D eigenvalue weighted by Gasteiger charge is -2.22. The van der Waals surface area contributed by atoms with E-state index in [9.17, 15) is 23.2 Å². The molecule has 0 aromatic heterocycles. The SMILES string of the molecule is CC(=O)OC[C@H]1O[C@H](OC(C)=O)C(F)(F)C1OC(C)=O. The summed E-state index contributed by atoms with van der Waals surface area (Å²) < 4.78 is 46.1. The zero-order chi connectivity index (χ0) is 15.5. The van der Waals surface area contributed by atoms with Crippen LogP contribution in [0.4, 0.5) is 8.78 Å². The Bertz CT molecular complexity index is 410. The second-order valence-corrected chi connectivity index (χ2v) is 4.12. The Morgan fingerprint density at radius 1 is 1.05 bits per heavy atom. The molecule has 1 fully saturated rings. The van der Waals surface area contributed by atoms with Gasteiger partial charge in [0.05, 0.1) is 0 Å². The molecule has 0 spiro atoms. The zero-order valence-electron chi connectivity index (χ0n) is 11.1. The van der Waals surface area contributed by atoms with Crippen molar-refractivity contribution in [1.29, 1.82) is 0 Å². The van der Waals surface area contributed by atoms with E-state index in [2.05, 4.69) is 14.2 Å². The molecule has 0 radical (unpaired) electrons. The van der Waals surface area contributed by atoms with Gasteiger partial charge in [-0.3, -0.25) is 14.4 Å². The predicted octanol–water partition coefficient (Wildman–Crippen LogP) is 0.405. The summed E-state index contributed by atoms with van der Waals surface area (Å²) in [6.45, 7) is 2.40. The van der Waals surface area contributed by atoms with Crippen LogP contribution in [0.15, 0.2) is 0 Å². The molecule has 0 N–H and O–H groups in total. The molecule has 1 rings (SSSR count). The lowest BCUT2D eigenvalue weighted by molar-refractivity contribution is -0.225. The van der Waals surface area contributed by atoms with Gasteiger partial charge in [-0.1, -0.05) is 0 Å². The van der Waals surface area contributed by atoms with Gasteiger partial charge in [0, 0.05) is 20.8 Å². The van der Waals surface area contributed by atoms with Crippen molar-refractivity contribution in [2.24, 2.45) is 0 Å². The van der Waals surface area contributed by atoms with E-state index in [1.165, 1.54) is 0 Å². The molecule has 1 saturated heterocycles. The van der Waals surface area contributed by atoms with Crippen LogP contribution < -0.4 is 0 Å². The number of halogens is 2. The van der Waals surface area contributed by atoms with Gasteiger partial charge in [0.2, 0.25) is 6.10 Å². The molecule has 9 heteroatoms. The number of esters is 3. The maximum Gasteiger partial charge on any atom is 0.347 e. The molecule has 0 amide bonds. The summed E-state index contributed by atoms with van der Waals surface area (Å²) in [5, 5.41) is 0. The Balaban J connectivity index is 2.88. The van der Waals surface area contributed by atoms with Crippen LogP contribution in [0.5, 0.6) is 0 Å². The number of carbonyl (C=O) groups is 3. The fourth-order valence-corrected chi connectivity index (χ4v) is 1.62. The molecule has 0 aromatic carbocycles. The van der Waals surface area contributed by atoms with Crippen molar-refractivity contribution in [3.63, 3.8) is 0 Å². The lowest BCUT2D eigenvalue weighted by Crippen LogP contribution is -2.45. The van der Waals surface area contributed by atoms with Crippen LogP contribution in [-0.2, 0) is 33.3 Å². The molecule has 7 nitrogen and oxygen atoms in total. The van der Waals surface area contributed by atoms with Gasteiger partial charge >= 0.3 is 23.8 Å². The smallest absolute Gasteiger partial charge is 0.347 e. The number of ether oxygens (including phenoxy) is 4. The van der Waals surface area contributed by atoms with E-state index in [-0.39, 0.29) is 0 Å². The average molecular weight is 296 g/mol. The molecular weight excluding hydrogens is 282 g/mol. The molecule has 0 aliphatic carbocycles. The predicted molar refractivity (Wildman–Crippen MR) is 57.6 cm³/mol. The highest BCUT2D eigenvalue weighted by Gasteiger charge is 2.63. The first kappa shape index (κ1) is 16.3. The summed E-state index contributed by atoms with van der Waals surface area (Å²) >= 11 is 0. The Morgan fingerprint density at radius 3 is 2.05 bits per heavy atom. The monoisotopic (exact) mass is 296 g/mol. The number of hydrogen-bond acceptors (Lipinski definition) is 7. The third-order valence-corrected chi connectivity index (χ3v) is 2.35. The normalized spacial score (nSPS) is 27.8. The van der Waals surface area contributed by atoms with Crippen LogP contribution >= 0.6 is 0 Å². The Labute approximate surface area is 113 Å². The van der Waals surface area contributed by atoms with Gasteiger partial charge in [0.1, 0.15) is 12.7 Å². The van der Waals surface area contributed by atoms with Gasteiger partial charge in [0.15, 0.2) is 0 Å². The van der Waals surface area contributed by atoms with E-state index in [4.69, 9.17) is 4.74 Å². The minimum Gasteiger partial charge on any atom is -0.463 e. The van der Waals surface area contributed by atoms with Crippen LogP contribution in [0.2, 0.25) is 0 Å². The first-order valence-electron chi connectivity index (χ1n) is 5.65. The van der Waals surface area contributed by atoms with Gasteiger partial charge in [-0.15, -0.1) is 0 Å². The molecule has 0 aromatic rings. The fraction of sp³-hybridized carbons (Fsp3) is 0.727. The number of alkyl halides is 2. The van der Waals surface area contributed by atoms with E-state index in [1.807, 2.05) is 0 Å². The summed E-state index contributed by atoms with van der Waals surface area (Å²) in [5.41, 5.74) is 0. The van der Waals surface area contributed by atoms with Gasteiger partial charge in [-0.05, 0) is 0 Å². The first-order chi connectivity index (χ1) is 9.14. The van der Waals surface area contributed by atoms with Gasteiger partial charge < -0.3 is 18.9 Å². The Kier molecular flexibility index (Phi) is 4.98. The van der Waals surface area contributed by atoms with Crippen LogP contribution in [0.25, 0.3) is 0 Å².